The molecule has 0 amide bonds. The summed E-state index contributed by atoms with van der Waals surface area (Å²) in [6, 6.07) is 10.4. The van der Waals surface area contributed by atoms with Crippen molar-refractivity contribution >= 4 is 33.3 Å². The molecule has 0 saturated carbocycles. The van der Waals surface area contributed by atoms with E-state index in [4.69, 9.17) is 4.98 Å². The van der Waals surface area contributed by atoms with E-state index in [1.165, 1.54) is 28.8 Å². The number of hydrogen-bond acceptors (Lipinski definition) is 4. The minimum absolute atomic E-state index is 0.176. The molecule has 0 bridgehead atoms. The number of nitrogens with zero attached hydrogens (tertiary/aromatic N) is 2. The van der Waals surface area contributed by atoms with Crippen LogP contribution in [-0.2, 0) is 25.1 Å². The van der Waals surface area contributed by atoms with Crippen LogP contribution < -0.4 is 5.56 Å². The Bertz CT molecular complexity index is 989. The Hall–Kier alpha value is -1.59. The second kappa shape index (κ2) is 8.19. The highest BCUT2D eigenvalue weighted by Gasteiger charge is 2.22. The zero-order valence-corrected chi connectivity index (χ0v) is 17.7. The number of aryl methyl sites for hydroxylation is 2. The maximum absolute atomic E-state index is 13.4. The molecule has 0 aliphatic heterocycles. The van der Waals surface area contributed by atoms with E-state index < -0.39 is 0 Å². The molecule has 0 unspecified atom stereocenters. The molecule has 1 aliphatic rings. The van der Waals surface area contributed by atoms with Gasteiger partial charge in [-0.1, -0.05) is 55.9 Å². The topological polar surface area (TPSA) is 34.9 Å². The molecule has 0 N–H and O–H groups in total. The predicted octanol–water partition coefficient (Wildman–Crippen LogP) is 5.68. The van der Waals surface area contributed by atoms with Gasteiger partial charge in [-0.25, -0.2) is 4.98 Å². The third kappa shape index (κ3) is 3.99. The second-order valence-corrected chi connectivity index (χ2v) is 9.73. The molecule has 3 aromatic rings. The van der Waals surface area contributed by atoms with Gasteiger partial charge < -0.3 is 0 Å². The van der Waals surface area contributed by atoms with Crippen LogP contribution in [0.5, 0.6) is 0 Å². The quantitative estimate of drug-likeness (QED) is 0.396. The lowest BCUT2D eigenvalue weighted by atomic mass is 9.97. The third-order valence-corrected chi connectivity index (χ3v) is 7.41. The summed E-state index contributed by atoms with van der Waals surface area (Å²) < 4.78 is 1.94. The van der Waals surface area contributed by atoms with E-state index in [1.807, 2.05) is 10.6 Å². The van der Waals surface area contributed by atoms with E-state index in [0.717, 1.165) is 46.9 Å². The first-order valence-electron chi connectivity index (χ1n) is 9.85. The van der Waals surface area contributed by atoms with Gasteiger partial charge in [0.15, 0.2) is 5.16 Å². The SMILES string of the molecule is CC(C)CCn1c(SCc2ccccc2)nc2sc3c(c2c1=O)CCCC3. The van der Waals surface area contributed by atoms with E-state index in [9.17, 15) is 4.79 Å². The molecule has 1 aromatic carbocycles. The van der Waals surface area contributed by atoms with Gasteiger partial charge >= 0.3 is 0 Å². The van der Waals surface area contributed by atoms with Crippen LogP contribution >= 0.6 is 23.1 Å². The van der Waals surface area contributed by atoms with Crippen LogP contribution in [0, 0.1) is 5.92 Å². The molecule has 2 aromatic heterocycles. The Labute approximate surface area is 168 Å². The van der Waals surface area contributed by atoms with Crippen LogP contribution in [0.25, 0.3) is 10.2 Å². The fourth-order valence-electron chi connectivity index (χ4n) is 3.64. The number of thiophene rings is 1. The van der Waals surface area contributed by atoms with Gasteiger partial charge in [-0.05, 0) is 49.1 Å². The molecule has 4 rings (SSSR count). The summed E-state index contributed by atoms with van der Waals surface area (Å²) in [4.78, 5) is 20.7. The number of hydrogen-bond donors (Lipinski definition) is 0. The maximum atomic E-state index is 13.4. The van der Waals surface area contributed by atoms with Gasteiger partial charge in [0.05, 0.1) is 5.39 Å². The van der Waals surface area contributed by atoms with Crippen LogP contribution in [0.2, 0.25) is 0 Å². The highest BCUT2D eigenvalue weighted by Crippen LogP contribution is 2.35. The first-order valence-corrected chi connectivity index (χ1v) is 11.7. The van der Waals surface area contributed by atoms with Gasteiger partial charge in [-0.3, -0.25) is 9.36 Å². The molecule has 3 nitrogen and oxygen atoms in total. The number of aromatic nitrogens is 2. The van der Waals surface area contributed by atoms with Crippen LogP contribution in [0.4, 0.5) is 0 Å². The summed E-state index contributed by atoms with van der Waals surface area (Å²) in [6.07, 6.45) is 5.56. The first kappa shape index (κ1) is 18.8. The summed E-state index contributed by atoms with van der Waals surface area (Å²) in [5, 5.41) is 1.78. The van der Waals surface area contributed by atoms with E-state index >= 15 is 0 Å². The molecular weight excluding hydrogens is 372 g/mol. The second-order valence-electron chi connectivity index (χ2n) is 7.70. The van der Waals surface area contributed by atoms with E-state index in [2.05, 4.69) is 38.1 Å². The summed E-state index contributed by atoms with van der Waals surface area (Å²) in [5.41, 5.74) is 2.73. The van der Waals surface area contributed by atoms with Crippen LogP contribution in [-0.4, -0.2) is 9.55 Å². The molecule has 0 atom stereocenters. The molecule has 142 valence electrons. The minimum Gasteiger partial charge on any atom is -0.287 e. The van der Waals surface area contributed by atoms with Crippen molar-refractivity contribution in [1.82, 2.24) is 9.55 Å². The Morgan fingerprint density at radius 1 is 1.19 bits per heavy atom. The lowest BCUT2D eigenvalue weighted by molar-refractivity contribution is 0.481. The van der Waals surface area contributed by atoms with Crippen molar-refractivity contribution in [2.75, 3.05) is 0 Å². The number of fused-ring (bicyclic) bond motifs is 3. The molecule has 0 spiro atoms. The van der Waals surface area contributed by atoms with E-state index in [0.29, 0.717) is 5.92 Å². The van der Waals surface area contributed by atoms with Gasteiger partial charge in [0.2, 0.25) is 0 Å². The standard InChI is InChI=1S/C22H26N2OS2/c1-15(2)12-13-24-21(25)19-17-10-6-7-11-18(17)27-20(19)23-22(24)26-14-16-8-4-3-5-9-16/h3-5,8-9,15H,6-7,10-14H2,1-2H3. The molecule has 5 heteroatoms. The van der Waals surface area contributed by atoms with Crippen molar-refractivity contribution in [3.05, 3.63) is 56.7 Å². The summed E-state index contributed by atoms with van der Waals surface area (Å²) in [6.45, 7) is 5.17. The fourth-order valence-corrected chi connectivity index (χ4v) is 5.92. The highest BCUT2D eigenvalue weighted by molar-refractivity contribution is 7.98. The molecule has 0 fully saturated rings. The fraction of sp³-hybridized carbons (Fsp3) is 0.455. The monoisotopic (exact) mass is 398 g/mol. The van der Waals surface area contributed by atoms with Crippen molar-refractivity contribution in [2.45, 2.75) is 63.4 Å². The molecule has 0 saturated heterocycles. The van der Waals surface area contributed by atoms with Gasteiger partial charge in [0.1, 0.15) is 4.83 Å². The Morgan fingerprint density at radius 2 is 1.96 bits per heavy atom. The first-order chi connectivity index (χ1) is 13.1. The lowest BCUT2D eigenvalue weighted by Crippen LogP contribution is -2.24. The lowest BCUT2D eigenvalue weighted by Gasteiger charge is -2.14. The predicted molar refractivity (Wildman–Crippen MR) is 116 cm³/mol. The van der Waals surface area contributed by atoms with Crippen molar-refractivity contribution in [1.29, 1.82) is 0 Å². The molecule has 0 radical (unpaired) electrons. The molecular formula is C22H26N2OS2. The summed E-state index contributed by atoms with van der Waals surface area (Å²) >= 11 is 3.43. The summed E-state index contributed by atoms with van der Waals surface area (Å²) in [7, 11) is 0. The van der Waals surface area contributed by atoms with Crippen molar-refractivity contribution in [3.63, 3.8) is 0 Å². The zero-order chi connectivity index (χ0) is 18.8. The van der Waals surface area contributed by atoms with Crippen LogP contribution in [0.15, 0.2) is 40.3 Å². The molecule has 2 heterocycles. The Morgan fingerprint density at radius 3 is 2.74 bits per heavy atom. The molecule has 27 heavy (non-hydrogen) atoms. The van der Waals surface area contributed by atoms with Gasteiger partial charge in [-0.2, -0.15) is 0 Å². The van der Waals surface area contributed by atoms with Crippen molar-refractivity contribution in [3.8, 4) is 0 Å². The van der Waals surface area contributed by atoms with E-state index in [-0.39, 0.29) is 5.56 Å². The molecule has 1 aliphatic carbocycles. The number of rotatable bonds is 6. The number of benzene rings is 1. The Balaban J connectivity index is 1.75. The van der Waals surface area contributed by atoms with Gasteiger partial charge in [-0.15, -0.1) is 11.3 Å². The average molecular weight is 399 g/mol. The summed E-state index contributed by atoms with van der Waals surface area (Å²) in [5.74, 6) is 1.40. The van der Waals surface area contributed by atoms with Gasteiger partial charge in [0, 0.05) is 17.2 Å². The largest absolute Gasteiger partial charge is 0.287 e. The Kier molecular flexibility index (Phi) is 5.69. The normalized spacial score (nSPS) is 14.0. The highest BCUT2D eigenvalue weighted by atomic mass is 32.2. The zero-order valence-electron chi connectivity index (χ0n) is 16.0. The smallest absolute Gasteiger partial charge is 0.263 e. The number of thioether (sulfide) groups is 1. The van der Waals surface area contributed by atoms with Crippen molar-refractivity contribution < 1.29 is 0 Å². The van der Waals surface area contributed by atoms with E-state index in [1.54, 1.807) is 23.1 Å². The van der Waals surface area contributed by atoms with Crippen LogP contribution in [0.3, 0.4) is 0 Å². The minimum atomic E-state index is 0.176. The third-order valence-electron chi connectivity index (χ3n) is 5.18. The van der Waals surface area contributed by atoms with Crippen LogP contribution in [0.1, 0.15) is 49.1 Å². The maximum Gasteiger partial charge on any atom is 0.263 e. The van der Waals surface area contributed by atoms with Gasteiger partial charge in [0.25, 0.3) is 5.56 Å². The van der Waals surface area contributed by atoms with Crippen molar-refractivity contribution in [2.24, 2.45) is 5.92 Å². The average Bonchev–Trinajstić information content (AvgIpc) is 3.05.